The minimum Gasteiger partial charge on any atom is -0.373 e. The summed E-state index contributed by atoms with van der Waals surface area (Å²) in [5, 5.41) is 0. The number of benzene rings is 1. The molecule has 2 saturated heterocycles. The second-order valence-corrected chi connectivity index (χ2v) is 5.84. The van der Waals surface area contributed by atoms with Gasteiger partial charge in [-0.05, 0) is 19.4 Å². The maximum Gasteiger partial charge on any atom is 0.186 e. The van der Waals surface area contributed by atoms with Gasteiger partial charge in [0.2, 0.25) is 0 Å². The van der Waals surface area contributed by atoms with Crippen molar-refractivity contribution in [3.8, 4) is 0 Å². The summed E-state index contributed by atoms with van der Waals surface area (Å²) in [5.41, 5.74) is 1.10. The fourth-order valence-electron chi connectivity index (χ4n) is 2.85. The third kappa shape index (κ3) is 3.27. The third-order valence-electron chi connectivity index (χ3n) is 3.77. The molecule has 3 rings (SSSR count). The van der Waals surface area contributed by atoms with Gasteiger partial charge in [-0.25, -0.2) is 0 Å². The Morgan fingerprint density at radius 3 is 2.67 bits per heavy atom. The van der Waals surface area contributed by atoms with E-state index in [-0.39, 0.29) is 18.3 Å². The Morgan fingerprint density at radius 1 is 1.19 bits per heavy atom. The van der Waals surface area contributed by atoms with Gasteiger partial charge >= 0.3 is 0 Å². The Balaban J connectivity index is 1.64. The summed E-state index contributed by atoms with van der Waals surface area (Å²) >= 11 is 0. The lowest BCUT2D eigenvalue weighted by Gasteiger charge is -2.36. The fraction of sp³-hybridized carbons (Fsp3) is 0.625. The van der Waals surface area contributed by atoms with Crippen LogP contribution in [-0.4, -0.2) is 44.1 Å². The van der Waals surface area contributed by atoms with Crippen LogP contribution in [0, 0.1) is 0 Å². The van der Waals surface area contributed by atoms with Crippen LogP contribution >= 0.6 is 0 Å². The molecule has 1 aromatic carbocycles. The Bertz CT molecular complexity index is 461. The van der Waals surface area contributed by atoms with Crippen molar-refractivity contribution in [3.63, 3.8) is 0 Å². The molecule has 2 aliphatic rings. The molecule has 0 N–H and O–H groups in total. The Hall–Kier alpha value is -0.980. The second-order valence-electron chi connectivity index (χ2n) is 5.84. The Labute approximate surface area is 125 Å². The molecule has 0 saturated carbocycles. The van der Waals surface area contributed by atoms with E-state index < -0.39 is 12.1 Å². The Kier molecular flexibility index (Phi) is 4.28. The normalized spacial score (nSPS) is 34.6. The molecule has 5 heteroatoms. The van der Waals surface area contributed by atoms with Crippen molar-refractivity contribution in [1.82, 2.24) is 0 Å². The van der Waals surface area contributed by atoms with Crippen LogP contribution in [0.15, 0.2) is 30.3 Å². The summed E-state index contributed by atoms with van der Waals surface area (Å²) in [7, 11) is 1.64. The van der Waals surface area contributed by atoms with E-state index in [9.17, 15) is 0 Å². The van der Waals surface area contributed by atoms with E-state index in [1.165, 1.54) is 0 Å². The summed E-state index contributed by atoms with van der Waals surface area (Å²) < 4.78 is 28.9. The standard InChI is InChI=1S/C16H22O5/c1-16(2)20-12-10-19-15(14(17-3)13(12)21-16)18-9-11-7-5-4-6-8-11/h4-8,12-15H,9-10H2,1-3H3/t12-,13-,14+,15-/m0/s1. The van der Waals surface area contributed by atoms with Crippen LogP contribution in [0.3, 0.4) is 0 Å². The van der Waals surface area contributed by atoms with Crippen LogP contribution in [0.2, 0.25) is 0 Å². The predicted octanol–water partition coefficient (Wildman–Crippen LogP) is 2.09. The first-order chi connectivity index (χ1) is 10.1. The van der Waals surface area contributed by atoms with E-state index >= 15 is 0 Å². The summed E-state index contributed by atoms with van der Waals surface area (Å²) in [4.78, 5) is 0. The predicted molar refractivity (Wildman–Crippen MR) is 75.6 cm³/mol. The number of hydrogen-bond donors (Lipinski definition) is 0. The van der Waals surface area contributed by atoms with Gasteiger partial charge in [-0.2, -0.15) is 0 Å². The molecule has 116 valence electrons. The SMILES string of the molecule is CO[C@H]1[C@@H](OCc2ccccc2)OC[C@@H]2OC(C)(C)O[C@H]12. The van der Waals surface area contributed by atoms with Gasteiger partial charge in [0.15, 0.2) is 12.1 Å². The van der Waals surface area contributed by atoms with Crippen LogP contribution in [0.1, 0.15) is 19.4 Å². The van der Waals surface area contributed by atoms with Gasteiger partial charge in [0, 0.05) is 7.11 Å². The quantitative estimate of drug-likeness (QED) is 0.851. The topological polar surface area (TPSA) is 46.2 Å². The van der Waals surface area contributed by atoms with Gasteiger partial charge in [-0.15, -0.1) is 0 Å². The zero-order valence-electron chi connectivity index (χ0n) is 12.7. The van der Waals surface area contributed by atoms with Crippen molar-refractivity contribution in [2.75, 3.05) is 13.7 Å². The van der Waals surface area contributed by atoms with E-state index in [4.69, 9.17) is 23.7 Å². The maximum absolute atomic E-state index is 5.93. The smallest absolute Gasteiger partial charge is 0.186 e. The van der Waals surface area contributed by atoms with Crippen LogP contribution in [0.25, 0.3) is 0 Å². The zero-order valence-corrected chi connectivity index (χ0v) is 12.7. The first-order valence-corrected chi connectivity index (χ1v) is 7.24. The molecule has 0 aromatic heterocycles. The molecule has 5 nitrogen and oxygen atoms in total. The molecule has 0 unspecified atom stereocenters. The van der Waals surface area contributed by atoms with Crippen molar-refractivity contribution in [3.05, 3.63) is 35.9 Å². The minimum atomic E-state index is -0.607. The fourth-order valence-corrected chi connectivity index (χ4v) is 2.85. The second kappa shape index (κ2) is 6.02. The van der Waals surface area contributed by atoms with Crippen LogP contribution in [-0.2, 0) is 30.3 Å². The Morgan fingerprint density at radius 2 is 1.95 bits per heavy atom. The molecule has 4 atom stereocenters. The summed E-state index contributed by atoms with van der Waals surface area (Å²) in [6, 6.07) is 9.99. The van der Waals surface area contributed by atoms with Gasteiger partial charge < -0.3 is 23.7 Å². The van der Waals surface area contributed by atoms with Gasteiger partial charge in [0.25, 0.3) is 0 Å². The first-order valence-electron chi connectivity index (χ1n) is 7.24. The van der Waals surface area contributed by atoms with E-state index in [1.54, 1.807) is 7.11 Å². The lowest BCUT2D eigenvalue weighted by molar-refractivity contribution is -0.261. The molecule has 0 aliphatic carbocycles. The van der Waals surface area contributed by atoms with E-state index in [0.717, 1.165) is 5.56 Å². The molecule has 0 spiro atoms. The highest BCUT2D eigenvalue weighted by molar-refractivity contribution is 5.13. The van der Waals surface area contributed by atoms with Crippen molar-refractivity contribution < 1.29 is 23.7 Å². The van der Waals surface area contributed by atoms with E-state index in [2.05, 4.69) is 0 Å². The highest BCUT2D eigenvalue weighted by Gasteiger charge is 2.51. The molecule has 0 bridgehead atoms. The minimum absolute atomic E-state index is 0.110. The van der Waals surface area contributed by atoms with Gasteiger partial charge in [-0.3, -0.25) is 0 Å². The molecular formula is C16H22O5. The number of methoxy groups -OCH3 is 1. The molecule has 21 heavy (non-hydrogen) atoms. The third-order valence-corrected chi connectivity index (χ3v) is 3.77. The number of rotatable bonds is 4. The number of ether oxygens (including phenoxy) is 5. The van der Waals surface area contributed by atoms with Crippen molar-refractivity contribution in [2.24, 2.45) is 0 Å². The zero-order chi connectivity index (χ0) is 14.9. The summed E-state index contributed by atoms with van der Waals surface area (Å²) in [6.07, 6.45) is -1.02. The van der Waals surface area contributed by atoms with Crippen LogP contribution in [0.5, 0.6) is 0 Å². The molecule has 2 fully saturated rings. The maximum atomic E-state index is 5.93. The van der Waals surface area contributed by atoms with Crippen LogP contribution in [0.4, 0.5) is 0 Å². The van der Waals surface area contributed by atoms with Gasteiger partial charge in [-0.1, -0.05) is 30.3 Å². The van der Waals surface area contributed by atoms with Crippen molar-refractivity contribution >= 4 is 0 Å². The number of fused-ring (bicyclic) bond motifs is 1. The first kappa shape index (κ1) is 14.9. The monoisotopic (exact) mass is 294 g/mol. The largest absolute Gasteiger partial charge is 0.373 e. The van der Waals surface area contributed by atoms with E-state index in [1.807, 2.05) is 44.2 Å². The highest BCUT2D eigenvalue weighted by atomic mass is 16.8. The number of hydrogen-bond acceptors (Lipinski definition) is 5. The average Bonchev–Trinajstić information content (AvgIpc) is 2.79. The highest BCUT2D eigenvalue weighted by Crippen LogP contribution is 2.35. The lowest BCUT2D eigenvalue weighted by Crippen LogP contribution is -2.53. The summed E-state index contributed by atoms with van der Waals surface area (Å²) in [5.74, 6) is -0.607. The average molecular weight is 294 g/mol. The lowest BCUT2D eigenvalue weighted by atomic mass is 10.1. The van der Waals surface area contributed by atoms with E-state index in [0.29, 0.717) is 13.2 Å². The van der Waals surface area contributed by atoms with Gasteiger partial charge in [0.1, 0.15) is 18.3 Å². The van der Waals surface area contributed by atoms with Gasteiger partial charge in [0.05, 0.1) is 13.2 Å². The van der Waals surface area contributed by atoms with Crippen molar-refractivity contribution in [2.45, 2.75) is 50.8 Å². The molecule has 0 radical (unpaired) electrons. The molecular weight excluding hydrogens is 272 g/mol. The molecule has 1 aromatic rings. The molecule has 0 amide bonds. The van der Waals surface area contributed by atoms with Crippen LogP contribution < -0.4 is 0 Å². The summed E-state index contributed by atoms with van der Waals surface area (Å²) in [6.45, 7) is 4.73. The molecule has 2 aliphatic heterocycles. The molecule has 2 heterocycles. The van der Waals surface area contributed by atoms with Crippen molar-refractivity contribution in [1.29, 1.82) is 0 Å².